The molecular formula is C10H18ClF3O. The lowest BCUT2D eigenvalue weighted by atomic mass is 10.1. The molecule has 0 aliphatic rings. The SMILES string of the molecule is CCCC(Cl)CCCCOCC(F)(F)F. The molecule has 0 saturated heterocycles. The molecule has 0 aromatic heterocycles. The quantitative estimate of drug-likeness (QED) is 0.462. The molecule has 1 atom stereocenters. The molecule has 0 fully saturated rings. The average molecular weight is 247 g/mol. The molecule has 0 bridgehead atoms. The molecule has 0 aromatic rings. The fourth-order valence-electron chi connectivity index (χ4n) is 1.22. The van der Waals surface area contributed by atoms with Gasteiger partial charge in [-0.25, -0.2) is 0 Å². The summed E-state index contributed by atoms with van der Waals surface area (Å²) in [6.07, 6.45) is 0.112. The first-order chi connectivity index (χ1) is 6.95. The van der Waals surface area contributed by atoms with Crippen LogP contribution in [0.2, 0.25) is 0 Å². The van der Waals surface area contributed by atoms with Crippen molar-refractivity contribution in [3.05, 3.63) is 0 Å². The summed E-state index contributed by atoms with van der Waals surface area (Å²) in [6.45, 7) is 1.07. The zero-order valence-corrected chi connectivity index (χ0v) is 9.70. The molecular weight excluding hydrogens is 229 g/mol. The molecule has 1 unspecified atom stereocenters. The van der Waals surface area contributed by atoms with Crippen molar-refractivity contribution < 1.29 is 17.9 Å². The van der Waals surface area contributed by atoms with E-state index in [0.29, 0.717) is 6.42 Å². The Bertz CT molecular complexity index is 150. The Labute approximate surface area is 93.9 Å². The van der Waals surface area contributed by atoms with Gasteiger partial charge in [0.2, 0.25) is 0 Å². The van der Waals surface area contributed by atoms with Crippen LogP contribution in [0, 0.1) is 0 Å². The van der Waals surface area contributed by atoms with Crippen LogP contribution in [0.1, 0.15) is 39.0 Å². The molecule has 15 heavy (non-hydrogen) atoms. The largest absolute Gasteiger partial charge is 0.411 e. The van der Waals surface area contributed by atoms with E-state index in [4.69, 9.17) is 11.6 Å². The van der Waals surface area contributed by atoms with Crippen LogP contribution in [0.3, 0.4) is 0 Å². The van der Waals surface area contributed by atoms with Crippen LogP contribution in [-0.2, 0) is 4.74 Å². The maximum atomic E-state index is 11.6. The third-order valence-electron chi connectivity index (χ3n) is 1.92. The predicted molar refractivity (Wildman–Crippen MR) is 55.3 cm³/mol. The van der Waals surface area contributed by atoms with E-state index in [2.05, 4.69) is 11.7 Å². The Morgan fingerprint density at radius 1 is 1.20 bits per heavy atom. The second-order valence-electron chi connectivity index (χ2n) is 3.55. The van der Waals surface area contributed by atoms with Crippen LogP contribution in [0.15, 0.2) is 0 Å². The van der Waals surface area contributed by atoms with Crippen molar-refractivity contribution in [1.82, 2.24) is 0 Å². The highest BCUT2D eigenvalue weighted by atomic mass is 35.5. The van der Waals surface area contributed by atoms with E-state index in [1.165, 1.54) is 0 Å². The van der Waals surface area contributed by atoms with Gasteiger partial charge >= 0.3 is 6.18 Å². The fourth-order valence-corrected chi connectivity index (χ4v) is 1.59. The average Bonchev–Trinajstić information content (AvgIpc) is 2.09. The molecule has 5 heteroatoms. The summed E-state index contributed by atoms with van der Waals surface area (Å²) in [4.78, 5) is 0. The van der Waals surface area contributed by atoms with Crippen LogP contribution in [-0.4, -0.2) is 24.8 Å². The van der Waals surface area contributed by atoms with Crippen molar-refractivity contribution in [2.24, 2.45) is 0 Å². The summed E-state index contributed by atoms with van der Waals surface area (Å²) in [5.41, 5.74) is 0. The molecule has 0 heterocycles. The van der Waals surface area contributed by atoms with E-state index in [-0.39, 0.29) is 12.0 Å². The van der Waals surface area contributed by atoms with Gasteiger partial charge in [0.15, 0.2) is 0 Å². The van der Waals surface area contributed by atoms with Gasteiger partial charge in [-0.1, -0.05) is 13.3 Å². The van der Waals surface area contributed by atoms with E-state index in [1.54, 1.807) is 0 Å². The number of ether oxygens (including phenoxy) is 1. The minimum absolute atomic E-state index is 0.151. The van der Waals surface area contributed by atoms with E-state index in [0.717, 1.165) is 25.7 Å². The molecule has 0 N–H and O–H groups in total. The number of alkyl halides is 4. The van der Waals surface area contributed by atoms with Crippen molar-refractivity contribution >= 4 is 11.6 Å². The van der Waals surface area contributed by atoms with Crippen molar-refractivity contribution in [2.45, 2.75) is 50.6 Å². The smallest absolute Gasteiger partial charge is 0.372 e. The van der Waals surface area contributed by atoms with E-state index < -0.39 is 12.8 Å². The first-order valence-corrected chi connectivity index (χ1v) is 5.68. The van der Waals surface area contributed by atoms with Crippen LogP contribution in [0.25, 0.3) is 0 Å². The first kappa shape index (κ1) is 15.0. The van der Waals surface area contributed by atoms with Gasteiger partial charge in [-0.05, 0) is 25.7 Å². The van der Waals surface area contributed by atoms with Crippen LogP contribution in [0.5, 0.6) is 0 Å². The zero-order valence-electron chi connectivity index (χ0n) is 8.95. The summed E-state index contributed by atoms with van der Waals surface area (Å²) < 4.78 is 39.4. The minimum atomic E-state index is -4.21. The molecule has 0 aliphatic carbocycles. The van der Waals surface area contributed by atoms with Gasteiger partial charge < -0.3 is 4.74 Å². The maximum absolute atomic E-state index is 11.6. The van der Waals surface area contributed by atoms with Crippen LogP contribution < -0.4 is 0 Å². The fraction of sp³-hybridized carbons (Fsp3) is 1.00. The van der Waals surface area contributed by atoms with E-state index >= 15 is 0 Å². The molecule has 0 saturated carbocycles. The topological polar surface area (TPSA) is 9.23 Å². The lowest BCUT2D eigenvalue weighted by molar-refractivity contribution is -0.174. The number of hydrogen-bond donors (Lipinski definition) is 0. The summed E-state index contributed by atoms with van der Waals surface area (Å²) in [6, 6.07) is 0. The Balaban J connectivity index is 3.18. The van der Waals surface area contributed by atoms with Gasteiger partial charge in [-0.2, -0.15) is 13.2 Å². The van der Waals surface area contributed by atoms with Crippen molar-refractivity contribution in [3.63, 3.8) is 0 Å². The van der Waals surface area contributed by atoms with Crippen LogP contribution in [0.4, 0.5) is 13.2 Å². The Hall–Kier alpha value is 0.0400. The van der Waals surface area contributed by atoms with Crippen LogP contribution >= 0.6 is 11.6 Å². The minimum Gasteiger partial charge on any atom is -0.372 e. The van der Waals surface area contributed by atoms with Crippen molar-refractivity contribution in [1.29, 1.82) is 0 Å². The van der Waals surface area contributed by atoms with Gasteiger partial charge in [-0.3, -0.25) is 0 Å². The van der Waals surface area contributed by atoms with Crippen molar-refractivity contribution in [3.8, 4) is 0 Å². The highest BCUT2D eigenvalue weighted by Gasteiger charge is 2.27. The lowest BCUT2D eigenvalue weighted by Gasteiger charge is -2.09. The van der Waals surface area contributed by atoms with Gasteiger partial charge in [0.1, 0.15) is 6.61 Å². The molecule has 0 amide bonds. The van der Waals surface area contributed by atoms with Gasteiger partial charge in [0, 0.05) is 12.0 Å². The monoisotopic (exact) mass is 246 g/mol. The van der Waals surface area contributed by atoms with Gasteiger partial charge in [0.25, 0.3) is 0 Å². The predicted octanol–water partition coefficient (Wildman–Crippen LogP) is 4.14. The second kappa shape index (κ2) is 8.22. The third-order valence-corrected chi connectivity index (χ3v) is 2.36. The molecule has 0 spiro atoms. The molecule has 0 rings (SSSR count). The van der Waals surface area contributed by atoms with E-state index in [1.807, 2.05) is 0 Å². The summed E-state index contributed by atoms with van der Waals surface area (Å²) in [5, 5.41) is 0.151. The van der Waals surface area contributed by atoms with Gasteiger partial charge in [-0.15, -0.1) is 11.6 Å². The summed E-state index contributed by atoms with van der Waals surface area (Å²) in [5.74, 6) is 0. The molecule has 92 valence electrons. The number of hydrogen-bond acceptors (Lipinski definition) is 1. The van der Waals surface area contributed by atoms with Crippen molar-refractivity contribution in [2.75, 3.05) is 13.2 Å². The zero-order chi connectivity index (χ0) is 11.7. The maximum Gasteiger partial charge on any atom is 0.411 e. The summed E-state index contributed by atoms with van der Waals surface area (Å²) >= 11 is 5.95. The lowest BCUT2D eigenvalue weighted by Crippen LogP contribution is -2.17. The number of rotatable bonds is 8. The molecule has 0 aromatic carbocycles. The second-order valence-corrected chi connectivity index (χ2v) is 4.17. The highest BCUT2D eigenvalue weighted by molar-refractivity contribution is 6.20. The molecule has 0 aliphatic heterocycles. The van der Waals surface area contributed by atoms with Gasteiger partial charge in [0.05, 0.1) is 0 Å². The Morgan fingerprint density at radius 2 is 1.87 bits per heavy atom. The van der Waals surface area contributed by atoms with E-state index in [9.17, 15) is 13.2 Å². The first-order valence-electron chi connectivity index (χ1n) is 5.24. The normalized spacial score (nSPS) is 14.2. The third kappa shape index (κ3) is 12.0. The Kier molecular flexibility index (Phi) is 8.24. The Morgan fingerprint density at radius 3 is 2.40 bits per heavy atom. The summed E-state index contributed by atoms with van der Waals surface area (Å²) in [7, 11) is 0. The standard InChI is InChI=1S/C10H18ClF3O/c1-2-5-9(11)6-3-4-7-15-8-10(12,13)14/h9H,2-8H2,1H3. The molecule has 1 nitrogen and oxygen atoms in total. The number of unbranched alkanes of at least 4 members (excludes halogenated alkanes) is 1. The highest BCUT2D eigenvalue weighted by Crippen LogP contribution is 2.16. The number of halogens is 4. The molecule has 0 radical (unpaired) electrons.